The van der Waals surface area contributed by atoms with Crippen molar-refractivity contribution in [2.24, 2.45) is 13.0 Å². The number of Topliss-reactive ketones (excluding diaryl/α,β-unsaturated/α-hetero) is 1. The van der Waals surface area contributed by atoms with Crippen molar-refractivity contribution in [1.29, 1.82) is 0 Å². The lowest BCUT2D eigenvalue weighted by Crippen LogP contribution is -2.43. The number of ketones is 1. The van der Waals surface area contributed by atoms with Crippen molar-refractivity contribution in [1.82, 2.24) is 18.7 Å². The Labute approximate surface area is 187 Å². The first-order valence-corrected chi connectivity index (χ1v) is 11.5. The molecule has 9 nitrogen and oxygen atoms in total. The van der Waals surface area contributed by atoms with Gasteiger partial charge in [-0.25, -0.2) is 9.78 Å². The maximum Gasteiger partial charge on any atom is 0.332 e. The molecule has 0 spiro atoms. The van der Waals surface area contributed by atoms with Gasteiger partial charge in [0.05, 0.1) is 16.7 Å². The first kappa shape index (κ1) is 22.1. The van der Waals surface area contributed by atoms with Gasteiger partial charge in [-0.3, -0.25) is 28.1 Å². The fourth-order valence-electron chi connectivity index (χ4n) is 3.67. The molecule has 0 aliphatic heterocycles. The number of hydrogen-bond acceptors (Lipinski definition) is 7. The van der Waals surface area contributed by atoms with Crippen LogP contribution in [0.3, 0.4) is 0 Å². The molecule has 1 aromatic carbocycles. The van der Waals surface area contributed by atoms with E-state index in [4.69, 9.17) is 5.73 Å². The van der Waals surface area contributed by atoms with Crippen LogP contribution in [0.5, 0.6) is 0 Å². The van der Waals surface area contributed by atoms with Gasteiger partial charge < -0.3 is 5.73 Å². The summed E-state index contributed by atoms with van der Waals surface area (Å²) >= 11 is 1.11. The van der Waals surface area contributed by atoms with Gasteiger partial charge in [-0.1, -0.05) is 37.7 Å². The summed E-state index contributed by atoms with van der Waals surface area (Å²) in [5, 5.41) is 0.976. The van der Waals surface area contributed by atoms with Crippen molar-refractivity contribution >= 4 is 34.3 Å². The monoisotopic (exact) mass is 455 g/mol. The quantitative estimate of drug-likeness (QED) is 0.327. The molecule has 0 bridgehead atoms. The molecule has 2 aromatic heterocycles. The number of aromatic nitrogens is 4. The van der Waals surface area contributed by atoms with Crippen LogP contribution in [-0.4, -0.2) is 30.2 Å². The Morgan fingerprint density at radius 1 is 1.19 bits per heavy atom. The second kappa shape index (κ2) is 8.42. The molecule has 0 saturated heterocycles. The Kier molecular flexibility index (Phi) is 5.81. The number of nitrogen functional groups attached to an aromatic ring is 1. The van der Waals surface area contributed by atoms with Crippen molar-refractivity contribution in [3.63, 3.8) is 0 Å². The number of hydrogen-bond donors (Lipinski definition) is 1. The van der Waals surface area contributed by atoms with E-state index in [0.29, 0.717) is 22.6 Å². The zero-order valence-corrected chi connectivity index (χ0v) is 19.0. The Morgan fingerprint density at radius 3 is 2.53 bits per heavy atom. The number of fused-ring (bicyclic) bond motifs is 1. The summed E-state index contributed by atoms with van der Waals surface area (Å²) in [6.45, 7) is 4.12. The lowest BCUT2D eigenvalue weighted by Gasteiger charge is -2.16. The van der Waals surface area contributed by atoms with E-state index in [0.717, 1.165) is 29.2 Å². The maximum absolute atomic E-state index is 13.1. The lowest BCUT2D eigenvalue weighted by molar-refractivity contribution is 0.102. The number of nitrogens with two attached hydrogens (primary N) is 1. The van der Waals surface area contributed by atoms with Gasteiger partial charge in [-0.2, -0.15) is 0 Å². The van der Waals surface area contributed by atoms with E-state index < -0.39 is 17.0 Å². The third-order valence-corrected chi connectivity index (χ3v) is 6.38. The highest BCUT2D eigenvalue weighted by Crippen LogP contribution is 2.37. The van der Waals surface area contributed by atoms with Crippen molar-refractivity contribution in [3.8, 4) is 0 Å². The third-order valence-electron chi connectivity index (χ3n) is 5.43. The first-order valence-electron chi connectivity index (χ1n) is 10.5. The smallest absolute Gasteiger partial charge is 0.332 e. The maximum atomic E-state index is 13.1. The number of nitrogens with zero attached hydrogens (tertiary/aromatic N) is 4. The predicted molar refractivity (Wildman–Crippen MR) is 125 cm³/mol. The van der Waals surface area contributed by atoms with Crippen LogP contribution in [0, 0.1) is 5.92 Å². The molecular weight excluding hydrogens is 430 g/mol. The molecule has 3 aromatic rings. The van der Waals surface area contributed by atoms with Gasteiger partial charge >= 0.3 is 5.69 Å². The van der Waals surface area contributed by atoms with E-state index in [1.54, 1.807) is 28.8 Å². The summed E-state index contributed by atoms with van der Waals surface area (Å²) in [6.07, 6.45) is 1.77. The highest BCUT2D eigenvalue weighted by molar-refractivity contribution is 7.99. The summed E-state index contributed by atoms with van der Waals surface area (Å²) in [7, 11) is 1.33. The van der Waals surface area contributed by atoms with Crippen molar-refractivity contribution in [2.45, 2.75) is 44.4 Å². The van der Waals surface area contributed by atoms with Crippen LogP contribution in [0.2, 0.25) is 0 Å². The van der Waals surface area contributed by atoms with Gasteiger partial charge in [0.25, 0.3) is 11.1 Å². The minimum Gasteiger partial charge on any atom is -0.384 e. The van der Waals surface area contributed by atoms with Crippen LogP contribution in [0.15, 0.2) is 43.8 Å². The second-order valence-corrected chi connectivity index (χ2v) is 9.38. The Balaban J connectivity index is 1.71. The fourth-order valence-corrected chi connectivity index (χ4v) is 4.61. The molecule has 0 unspecified atom stereocenters. The summed E-state index contributed by atoms with van der Waals surface area (Å²) in [4.78, 5) is 55.8. The summed E-state index contributed by atoms with van der Waals surface area (Å²) in [5.41, 5.74) is 5.06. The topological polar surface area (TPSA) is 122 Å². The highest BCUT2D eigenvalue weighted by Gasteiger charge is 2.29. The molecule has 1 aliphatic carbocycles. The van der Waals surface area contributed by atoms with E-state index >= 15 is 0 Å². The van der Waals surface area contributed by atoms with Gasteiger partial charge in [0.1, 0.15) is 11.4 Å². The van der Waals surface area contributed by atoms with Crippen LogP contribution >= 0.6 is 11.8 Å². The number of carbonyl (C=O) groups excluding carboxylic acids is 1. The average Bonchev–Trinajstić information content (AvgIpc) is 3.59. The Bertz CT molecular complexity index is 1400. The average molecular weight is 456 g/mol. The molecule has 2 heterocycles. The molecule has 0 radical (unpaired) electrons. The molecule has 1 fully saturated rings. The van der Waals surface area contributed by atoms with Gasteiger partial charge in [-0.15, -0.1) is 0 Å². The number of anilines is 1. The van der Waals surface area contributed by atoms with Gasteiger partial charge in [-0.05, 0) is 30.9 Å². The third kappa shape index (κ3) is 3.90. The van der Waals surface area contributed by atoms with Crippen LogP contribution in [0.1, 0.15) is 43.1 Å². The molecule has 0 amide bonds. The number of rotatable bonds is 7. The summed E-state index contributed by atoms with van der Waals surface area (Å²) in [5.74, 6) is -0.657. The summed E-state index contributed by atoms with van der Waals surface area (Å²) in [6, 6.07) is 7.17. The molecule has 4 rings (SSSR count). The van der Waals surface area contributed by atoms with Crippen LogP contribution < -0.4 is 22.5 Å². The standard InChI is InChI=1S/C22H25N5O4S/c1-12(2)10-26-18(23)17(20(30)25(3)22(26)31)16(28)11-32-21-24-15-7-5-4-6-14(15)19(29)27(21)13-8-9-13/h4-7,12-13H,8-11,23H2,1-3H3. The van der Waals surface area contributed by atoms with E-state index in [2.05, 4.69) is 4.98 Å². The van der Waals surface area contributed by atoms with Crippen molar-refractivity contribution in [2.75, 3.05) is 11.5 Å². The Hall–Kier alpha value is -3.14. The number of para-hydroxylation sites is 1. The van der Waals surface area contributed by atoms with E-state index in [1.165, 1.54) is 11.6 Å². The number of benzene rings is 1. The first-order chi connectivity index (χ1) is 15.2. The highest BCUT2D eigenvalue weighted by atomic mass is 32.2. The normalized spacial score (nSPS) is 13.8. The number of carbonyl (C=O) groups is 1. The minimum atomic E-state index is -0.718. The lowest BCUT2D eigenvalue weighted by atomic mass is 10.2. The Morgan fingerprint density at radius 2 is 1.88 bits per heavy atom. The van der Waals surface area contributed by atoms with Crippen LogP contribution in [0.4, 0.5) is 5.82 Å². The fraction of sp³-hybridized carbons (Fsp3) is 0.409. The molecule has 1 saturated carbocycles. The molecule has 168 valence electrons. The molecule has 0 atom stereocenters. The van der Waals surface area contributed by atoms with Gasteiger partial charge in [0, 0.05) is 19.6 Å². The van der Waals surface area contributed by atoms with Crippen molar-refractivity contribution < 1.29 is 4.79 Å². The predicted octanol–water partition coefficient (Wildman–Crippen LogP) is 1.80. The summed E-state index contributed by atoms with van der Waals surface area (Å²) < 4.78 is 3.81. The van der Waals surface area contributed by atoms with Gasteiger partial charge in [0.15, 0.2) is 10.9 Å². The van der Waals surface area contributed by atoms with Gasteiger partial charge in [0.2, 0.25) is 0 Å². The molecule has 10 heteroatoms. The van der Waals surface area contributed by atoms with E-state index in [-0.39, 0.29) is 34.7 Å². The van der Waals surface area contributed by atoms with Crippen LogP contribution in [0.25, 0.3) is 10.9 Å². The molecule has 2 N–H and O–H groups in total. The second-order valence-electron chi connectivity index (χ2n) is 8.44. The van der Waals surface area contributed by atoms with E-state index in [1.807, 2.05) is 13.8 Å². The largest absolute Gasteiger partial charge is 0.384 e. The molecular formula is C22H25N5O4S. The molecule has 1 aliphatic rings. The van der Waals surface area contributed by atoms with Crippen molar-refractivity contribution in [3.05, 3.63) is 61.0 Å². The number of thioether (sulfide) groups is 1. The minimum absolute atomic E-state index is 0.0723. The SMILES string of the molecule is CC(C)Cn1c(N)c(C(=O)CSc2nc3ccccc3c(=O)n2C2CC2)c(=O)n(C)c1=O. The zero-order chi connectivity index (χ0) is 23.2. The van der Waals surface area contributed by atoms with Crippen LogP contribution in [-0.2, 0) is 13.6 Å². The van der Waals surface area contributed by atoms with E-state index in [9.17, 15) is 19.2 Å². The molecule has 32 heavy (non-hydrogen) atoms. The zero-order valence-electron chi connectivity index (χ0n) is 18.2.